The van der Waals surface area contributed by atoms with Gasteiger partial charge in [-0.25, -0.2) is 0 Å². The number of Topliss-reactive ketones (excluding diaryl/α,β-unsaturated/α-hetero) is 1. The van der Waals surface area contributed by atoms with Crippen LogP contribution in [0.4, 0.5) is 0 Å². The van der Waals surface area contributed by atoms with Gasteiger partial charge in [0.2, 0.25) is 0 Å². The van der Waals surface area contributed by atoms with Crippen molar-refractivity contribution < 1.29 is 24.2 Å². The highest BCUT2D eigenvalue weighted by atomic mass is 35.5. The Kier molecular flexibility index (Phi) is 7.09. The Morgan fingerprint density at radius 3 is 2.51 bits per heavy atom. The molecule has 1 aliphatic rings. The Morgan fingerprint density at radius 2 is 1.86 bits per heavy atom. The number of fused-ring (bicyclic) bond motifs is 1. The number of halogens is 1. The summed E-state index contributed by atoms with van der Waals surface area (Å²) in [4.78, 5) is 24.4. The lowest BCUT2D eigenvalue weighted by Gasteiger charge is -2.32. The monoisotopic (exact) mass is 489 g/mol. The summed E-state index contributed by atoms with van der Waals surface area (Å²) in [5, 5.41) is 20.0. The first-order valence-corrected chi connectivity index (χ1v) is 11.7. The van der Waals surface area contributed by atoms with Gasteiger partial charge in [0.15, 0.2) is 5.78 Å². The maximum atomic E-state index is 12.6. The number of carboxylic acids is 1. The second-order valence-corrected chi connectivity index (χ2v) is 9.16. The van der Waals surface area contributed by atoms with Gasteiger partial charge in [-0.15, -0.1) is 0 Å². The molecule has 0 spiro atoms. The van der Waals surface area contributed by atoms with Gasteiger partial charge in [-0.05, 0) is 67.8 Å². The number of rotatable bonds is 8. The first-order chi connectivity index (χ1) is 16.8. The first-order valence-electron chi connectivity index (χ1n) is 11.3. The molecule has 6 nitrogen and oxygen atoms in total. The van der Waals surface area contributed by atoms with Gasteiger partial charge in [-0.3, -0.25) is 9.59 Å². The third-order valence-corrected chi connectivity index (χ3v) is 6.57. The molecule has 35 heavy (non-hydrogen) atoms. The van der Waals surface area contributed by atoms with E-state index in [2.05, 4.69) is 6.07 Å². The quantitative estimate of drug-likeness (QED) is 0.371. The second kappa shape index (κ2) is 10.2. The van der Waals surface area contributed by atoms with Crippen LogP contribution < -0.4 is 9.47 Å². The predicted molar refractivity (Wildman–Crippen MR) is 131 cm³/mol. The molecule has 1 heterocycles. The number of carbonyl (C=O) groups excluding carboxylic acids is 1. The predicted octanol–water partition coefficient (Wildman–Crippen LogP) is 6.33. The average Bonchev–Trinajstić information content (AvgIpc) is 2.85. The summed E-state index contributed by atoms with van der Waals surface area (Å²) in [5.41, 5.74) is 1.26. The third-order valence-electron chi connectivity index (χ3n) is 6.31. The summed E-state index contributed by atoms with van der Waals surface area (Å²) in [6.07, 6.45) is 2.26. The van der Waals surface area contributed by atoms with Crippen molar-refractivity contribution in [1.29, 1.82) is 5.26 Å². The lowest BCUT2D eigenvalue weighted by atomic mass is 9.77. The van der Waals surface area contributed by atoms with Gasteiger partial charge in [-0.2, -0.15) is 5.26 Å². The number of ether oxygens (including phenoxy) is 2. The molecule has 4 rings (SSSR count). The molecule has 0 saturated heterocycles. The average molecular weight is 490 g/mol. The highest BCUT2D eigenvalue weighted by molar-refractivity contribution is 6.30. The fraction of sp³-hybridized carbons (Fsp3) is 0.250. The number of hydrogen-bond acceptors (Lipinski definition) is 5. The third kappa shape index (κ3) is 5.31. The van der Waals surface area contributed by atoms with Crippen molar-refractivity contribution in [2.45, 2.75) is 38.0 Å². The van der Waals surface area contributed by atoms with E-state index in [1.807, 2.05) is 24.3 Å². The molecule has 0 aromatic heterocycles. The minimum Gasteiger partial charge on any atom is -0.493 e. The minimum absolute atomic E-state index is 0.0402. The Morgan fingerprint density at radius 1 is 1.14 bits per heavy atom. The standard InChI is InChI=1S/C28H24ClNO5/c1-28(27(32)33)13-14-34-26-16-25(20(17-30)15-23(26)28)35-22-11-7-19(8-12-22)24(31)4-2-3-18-5-9-21(29)10-6-18/h5-12,15-16H,2-4,13-14H2,1H3,(H,32,33). The number of hydrogen-bond donors (Lipinski definition) is 1. The van der Waals surface area contributed by atoms with Crippen LogP contribution in [0.25, 0.3) is 0 Å². The Hall–Kier alpha value is -3.82. The second-order valence-electron chi connectivity index (χ2n) is 8.72. The smallest absolute Gasteiger partial charge is 0.314 e. The molecule has 3 aromatic rings. The van der Waals surface area contributed by atoms with Crippen molar-refractivity contribution in [3.63, 3.8) is 0 Å². The van der Waals surface area contributed by atoms with E-state index in [4.69, 9.17) is 21.1 Å². The van der Waals surface area contributed by atoms with Gasteiger partial charge >= 0.3 is 5.97 Å². The molecule has 0 fully saturated rings. The summed E-state index contributed by atoms with van der Waals surface area (Å²) in [7, 11) is 0. The maximum Gasteiger partial charge on any atom is 0.314 e. The van der Waals surface area contributed by atoms with Gasteiger partial charge in [0.25, 0.3) is 0 Å². The summed E-state index contributed by atoms with van der Waals surface area (Å²) in [5.74, 6) is 0.188. The zero-order valence-corrected chi connectivity index (χ0v) is 20.0. The largest absolute Gasteiger partial charge is 0.493 e. The van der Waals surface area contributed by atoms with Gasteiger partial charge in [0.1, 0.15) is 23.3 Å². The highest BCUT2D eigenvalue weighted by Crippen LogP contribution is 2.43. The van der Waals surface area contributed by atoms with Crippen LogP contribution in [0.5, 0.6) is 17.2 Å². The highest BCUT2D eigenvalue weighted by Gasteiger charge is 2.41. The fourth-order valence-electron chi connectivity index (χ4n) is 4.09. The van der Waals surface area contributed by atoms with Crippen molar-refractivity contribution >= 4 is 23.4 Å². The molecule has 0 bridgehead atoms. The lowest BCUT2D eigenvalue weighted by molar-refractivity contribution is -0.144. The molecule has 1 aliphatic heterocycles. The summed E-state index contributed by atoms with van der Waals surface area (Å²) >= 11 is 5.90. The number of carbonyl (C=O) groups is 2. The number of nitrogens with zero attached hydrogens (tertiary/aromatic N) is 1. The van der Waals surface area contributed by atoms with E-state index in [1.165, 1.54) is 6.07 Å². The molecule has 1 atom stereocenters. The van der Waals surface area contributed by atoms with Crippen molar-refractivity contribution in [1.82, 2.24) is 0 Å². The maximum absolute atomic E-state index is 12.6. The van der Waals surface area contributed by atoms with E-state index in [-0.39, 0.29) is 23.7 Å². The number of carboxylic acid groups (broad SMARTS) is 1. The van der Waals surface area contributed by atoms with E-state index < -0.39 is 11.4 Å². The van der Waals surface area contributed by atoms with Crippen molar-refractivity contribution in [2.75, 3.05) is 6.61 Å². The van der Waals surface area contributed by atoms with Crippen LogP contribution in [0.15, 0.2) is 60.7 Å². The normalized spacial score (nSPS) is 16.5. The van der Waals surface area contributed by atoms with Gasteiger partial charge < -0.3 is 14.6 Å². The van der Waals surface area contributed by atoms with Crippen molar-refractivity contribution in [3.05, 3.63) is 87.9 Å². The number of aryl methyl sites for hydroxylation is 1. The molecule has 3 aromatic carbocycles. The zero-order valence-electron chi connectivity index (χ0n) is 19.2. The summed E-state index contributed by atoms with van der Waals surface area (Å²) in [6.45, 7) is 1.89. The molecule has 1 N–H and O–H groups in total. The summed E-state index contributed by atoms with van der Waals surface area (Å²) < 4.78 is 11.6. The van der Waals surface area contributed by atoms with Crippen LogP contribution in [-0.4, -0.2) is 23.5 Å². The van der Waals surface area contributed by atoms with E-state index in [0.29, 0.717) is 40.5 Å². The SMILES string of the molecule is CC1(C(=O)O)CCOc2cc(Oc3ccc(C(=O)CCCc4ccc(Cl)cc4)cc3)c(C#N)cc21. The molecular weight excluding hydrogens is 466 g/mol. The molecule has 0 saturated carbocycles. The Balaban J connectivity index is 1.44. The van der Waals surface area contributed by atoms with E-state index in [9.17, 15) is 20.0 Å². The molecule has 178 valence electrons. The first kappa shape index (κ1) is 24.3. The van der Waals surface area contributed by atoms with Crippen molar-refractivity contribution in [2.24, 2.45) is 0 Å². The minimum atomic E-state index is -1.13. The number of nitriles is 1. The molecular formula is C28H24ClNO5. The van der Waals surface area contributed by atoms with Crippen LogP contribution in [0.3, 0.4) is 0 Å². The van der Waals surface area contributed by atoms with Crippen LogP contribution in [0.1, 0.15) is 53.2 Å². The number of aliphatic carboxylic acids is 1. The van der Waals surface area contributed by atoms with E-state index in [0.717, 1.165) is 18.4 Å². The molecule has 1 unspecified atom stereocenters. The van der Waals surface area contributed by atoms with Crippen LogP contribution in [-0.2, 0) is 16.6 Å². The summed E-state index contributed by atoms with van der Waals surface area (Å²) in [6, 6.07) is 19.5. The fourth-order valence-corrected chi connectivity index (χ4v) is 4.22. The zero-order chi connectivity index (χ0) is 25.0. The van der Waals surface area contributed by atoms with E-state index >= 15 is 0 Å². The van der Waals surface area contributed by atoms with Gasteiger partial charge in [-0.1, -0.05) is 23.7 Å². The van der Waals surface area contributed by atoms with Crippen LogP contribution in [0.2, 0.25) is 5.02 Å². The van der Waals surface area contributed by atoms with E-state index in [1.54, 1.807) is 37.3 Å². The molecule has 0 amide bonds. The molecule has 0 aliphatic carbocycles. The van der Waals surface area contributed by atoms with Gasteiger partial charge in [0, 0.05) is 35.1 Å². The number of benzene rings is 3. The Bertz CT molecular complexity index is 1290. The topological polar surface area (TPSA) is 96.6 Å². The van der Waals surface area contributed by atoms with Gasteiger partial charge in [0.05, 0.1) is 17.6 Å². The molecule has 0 radical (unpaired) electrons. The van der Waals surface area contributed by atoms with Crippen LogP contribution in [0, 0.1) is 11.3 Å². The Labute approximate surface area is 208 Å². The van der Waals surface area contributed by atoms with Crippen LogP contribution >= 0.6 is 11.6 Å². The molecule has 7 heteroatoms. The van der Waals surface area contributed by atoms with Crippen molar-refractivity contribution in [3.8, 4) is 23.3 Å². The lowest BCUT2D eigenvalue weighted by Crippen LogP contribution is -2.37. The number of ketones is 1.